The molecule has 0 spiro atoms. The molecule has 1 atom stereocenters. The Labute approximate surface area is 116 Å². The third-order valence-electron chi connectivity index (χ3n) is 3.27. The first-order chi connectivity index (χ1) is 9.08. The number of carbonyl (C=O) groups is 1. The summed E-state index contributed by atoms with van der Waals surface area (Å²) in [5.41, 5.74) is 4.82. The van der Waals surface area contributed by atoms with Crippen LogP contribution in [-0.4, -0.2) is 23.4 Å². The lowest BCUT2D eigenvalue weighted by Crippen LogP contribution is -2.51. The van der Waals surface area contributed by atoms with Gasteiger partial charge in [0.05, 0.1) is 11.1 Å². The van der Waals surface area contributed by atoms with Crippen LogP contribution in [0.3, 0.4) is 0 Å². The van der Waals surface area contributed by atoms with Gasteiger partial charge in [-0.05, 0) is 31.0 Å². The summed E-state index contributed by atoms with van der Waals surface area (Å²) in [6, 6.07) is 4.75. The van der Waals surface area contributed by atoms with Crippen molar-refractivity contribution in [3.05, 3.63) is 35.4 Å². The Balaban J connectivity index is 2.77. The molecule has 0 aliphatic heterocycles. The van der Waals surface area contributed by atoms with Gasteiger partial charge in [0.15, 0.2) is 0 Å². The molecule has 1 rings (SSSR count). The number of benzene rings is 1. The highest BCUT2D eigenvalue weighted by atomic mass is 19.4. The molecule has 1 aromatic carbocycles. The van der Waals surface area contributed by atoms with Crippen LogP contribution in [0.4, 0.5) is 13.2 Å². The van der Waals surface area contributed by atoms with Crippen molar-refractivity contribution in [2.75, 3.05) is 7.05 Å². The van der Waals surface area contributed by atoms with Crippen molar-refractivity contribution in [2.45, 2.75) is 38.5 Å². The Morgan fingerprint density at radius 3 is 2.15 bits per heavy atom. The number of halogens is 3. The van der Waals surface area contributed by atoms with E-state index in [9.17, 15) is 18.0 Å². The molecule has 1 unspecified atom stereocenters. The van der Waals surface area contributed by atoms with Crippen LogP contribution in [0.15, 0.2) is 24.3 Å². The maximum atomic E-state index is 12.4. The highest BCUT2D eigenvalue weighted by molar-refractivity contribution is 5.85. The highest BCUT2D eigenvalue weighted by Crippen LogP contribution is 2.29. The molecule has 6 heteroatoms. The molecule has 1 aromatic rings. The lowest BCUT2D eigenvalue weighted by atomic mass is 9.98. The molecule has 20 heavy (non-hydrogen) atoms. The van der Waals surface area contributed by atoms with Crippen LogP contribution in [-0.2, 0) is 17.5 Å². The van der Waals surface area contributed by atoms with Crippen LogP contribution >= 0.6 is 0 Å². The molecule has 0 saturated carbocycles. The van der Waals surface area contributed by atoms with Crippen molar-refractivity contribution in [1.82, 2.24) is 4.90 Å². The highest BCUT2D eigenvalue weighted by Gasteiger charge is 2.31. The van der Waals surface area contributed by atoms with E-state index >= 15 is 0 Å². The number of alkyl halides is 3. The lowest BCUT2D eigenvalue weighted by Gasteiger charge is -2.28. The van der Waals surface area contributed by atoms with E-state index in [-0.39, 0.29) is 12.5 Å². The maximum Gasteiger partial charge on any atom is 0.416 e. The molecular weight excluding hydrogens is 269 g/mol. The molecular formula is C14H19F3N2O. The Bertz CT molecular complexity index is 466. The van der Waals surface area contributed by atoms with Crippen molar-refractivity contribution < 1.29 is 18.0 Å². The van der Waals surface area contributed by atoms with Gasteiger partial charge in [0.25, 0.3) is 0 Å². The molecule has 112 valence electrons. The van der Waals surface area contributed by atoms with Gasteiger partial charge in [0.2, 0.25) is 5.91 Å². The van der Waals surface area contributed by atoms with Crippen molar-refractivity contribution in [1.29, 1.82) is 0 Å². The van der Waals surface area contributed by atoms with Crippen molar-refractivity contribution in [3.63, 3.8) is 0 Å². The Kier molecular flexibility index (Phi) is 4.81. The van der Waals surface area contributed by atoms with Crippen LogP contribution in [0, 0.1) is 0 Å². The molecule has 0 aliphatic carbocycles. The van der Waals surface area contributed by atoms with E-state index in [1.54, 1.807) is 14.0 Å². The van der Waals surface area contributed by atoms with Crippen molar-refractivity contribution in [3.8, 4) is 0 Å². The summed E-state index contributed by atoms with van der Waals surface area (Å²) in [4.78, 5) is 13.5. The van der Waals surface area contributed by atoms with Gasteiger partial charge in [-0.1, -0.05) is 19.1 Å². The standard InChI is InChI=1S/C14H19F3N2O/c1-4-13(2,18)12(20)19(3)9-10-5-7-11(8-6-10)14(15,16)17/h5-8H,4,9,18H2,1-3H3. The van der Waals surface area contributed by atoms with Crippen LogP contribution in [0.2, 0.25) is 0 Å². The number of hydrogen-bond acceptors (Lipinski definition) is 2. The first-order valence-electron chi connectivity index (χ1n) is 6.28. The fraction of sp³-hybridized carbons (Fsp3) is 0.500. The molecule has 2 N–H and O–H groups in total. The smallest absolute Gasteiger partial charge is 0.340 e. The second kappa shape index (κ2) is 5.83. The van der Waals surface area contributed by atoms with E-state index < -0.39 is 17.3 Å². The number of nitrogens with zero attached hydrogens (tertiary/aromatic N) is 1. The summed E-state index contributed by atoms with van der Waals surface area (Å²) in [5.74, 6) is -0.236. The molecule has 0 saturated heterocycles. The second-order valence-corrected chi connectivity index (χ2v) is 5.13. The summed E-state index contributed by atoms with van der Waals surface area (Å²) in [5, 5.41) is 0. The fourth-order valence-electron chi connectivity index (χ4n) is 1.73. The van der Waals surface area contributed by atoms with Gasteiger partial charge in [-0.15, -0.1) is 0 Å². The van der Waals surface area contributed by atoms with Crippen molar-refractivity contribution >= 4 is 5.91 Å². The molecule has 0 fully saturated rings. The molecule has 0 bridgehead atoms. The maximum absolute atomic E-state index is 12.4. The van der Waals surface area contributed by atoms with E-state index in [1.807, 2.05) is 6.92 Å². The zero-order valence-corrected chi connectivity index (χ0v) is 11.8. The first kappa shape index (κ1) is 16.5. The third-order valence-corrected chi connectivity index (χ3v) is 3.27. The normalized spacial score (nSPS) is 14.8. The molecule has 0 heterocycles. The Hall–Kier alpha value is -1.56. The summed E-state index contributed by atoms with van der Waals surface area (Å²) in [6.45, 7) is 3.67. The lowest BCUT2D eigenvalue weighted by molar-refractivity contribution is -0.138. The van der Waals surface area contributed by atoms with Crippen LogP contribution in [0.5, 0.6) is 0 Å². The van der Waals surface area contributed by atoms with Crippen LogP contribution in [0.1, 0.15) is 31.4 Å². The number of nitrogens with two attached hydrogens (primary N) is 1. The van der Waals surface area contributed by atoms with Gasteiger partial charge in [-0.25, -0.2) is 0 Å². The zero-order chi connectivity index (χ0) is 15.6. The largest absolute Gasteiger partial charge is 0.416 e. The minimum atomic E-state index is -4.35. The first-order valence-corrected chi connectivity index (χ1v) is 6.28. The van der Waals surface area contributed by atoms with Gasteiger partial charge in [-0.2, -0.15) is 13.2 Å². The van der Waals surface area contributed by atoms with Crippen molar-refractivity contribution in [2.24, 2.45) is 5.73 Å². The quantitative estimate of drug-likeness (QED) is 0.926. The molecule has 0 aliphatic rings. The second-order valence-electron chi connectivity index (χ2n) is 5.13. The van der Waals surface area contributed by atoms with Crippen LogP contribution in [0.25, 0.3) is 0 Å². The molecule has 3 nitrogen and oxygen atoms in total. The molecule has 0 radical (unpaired) electrons. The van der Waals surface area contributed by atoms with E-state index in [0.717, 1.165) is 12.1 Å². The average Bonchev–Trinajstić information content (AvgIpc) is 2.37. The summed E-state index contributed by atoms with van der Waals surface area (Å²) < 4.78 is 37.3. The number of carbonyl (C=O) groups excluding carboxylic acids is 1. The Morgan fingerprint density at radius 1 is 1.25 bits per heavy atom. The van der Waals surface area contributed by atoms with Gasteiger partial charge >= 0.3 is 6.18 Å². The Morgan fingerprint density at radius 2 is 1.75 bits per heavy atom. The molecule has 1 amide bonds. The van der Waals surface area contributed by atoms with Gasteiger partial charge in [-0.3, -0.25) is 4.79 Å². The van der Waals surface area contributed by atoms with E-state index in [0.29, 0.717) is 12.0 Å². The van der Waals surface area contributed by atoms with Gasteiger partial charge in [0, 0.05) is 13.6 Å². The number of amides is 1. The minimum Gasteiger partial charge on any atom is -0.340 e. The summed E-state index contributed by atoms with van der Waals surface area (Å²) >= 11 is 0. The SMILES string of the molecule is CCC(C)(N)C(=O)N(C)Cc1ccc(C(F)(F)F)cc1. The van der Waals surface area contributed by atoms with Gasteiger partial charge in [0.1, 0.15) is 0 Å². The topological polar surface area (TPSA) is 46.3 Å². The van der Waals surface area contributed by atoms with E-state index in [4.69, 9.17) is 5.73 Å². The zero-order valence-electron chi connectivity index (χ0n) is 11.8. The number of rotatable bonds is 4. The van der Waals surface area contributed by atoms with E-state index in [1.165, 1.54) is 17.0 Å². The average molecular weight is 288 g/mol. The predicted molar refractivity (Wildman–Crippen MR) is 70.8 cm³/mol. The summed E-state index contributed by atoms with van der Waals surface area (Å²) in [7, 11) is 1.58. The van der Waals surface area contributed by atoms with E-state index in [2.05, 4.69) is 0 Å². The third kappa shape index (κ3) is 3.96. The minimum absolute atomic E-state index is 0.226. The predicted octanol–water partition coefficient (Wildman–Crippen LogP) is 2.79. The van der Waals surface area contributed by atoms with Gasteiger partial charge < -0.3 is 10.6 Å². The monoisotopic (exact) mass is 288 g/mol. The summed E-state index contributed by atoms with van der Waals surface area (Å²) in [6.07, 6.45) is -3.86. The fourth-order valence-corrected chi connectivity index (χ4v) is 1.73. The van der Waals surface area contributed by atoms with Crippen LogP contribution < -0.4 is 5.73 Å². The number of likely N-dealkylation sites (N-methyl/N-ethyl adjacent to an activating group) is 1. The molecule has 0 aromatic heterocycles. The number of hydrogen-bond donors (Lipinski definition) is 1.